The van der Waals surface area contributed by atoms with Crippen LogP contribution in [0.25, 0.3) is 84.1 Å². The van der Waals surface area contributed by atoms with E-state index < -0.39 is 0 Å². The number of aromatic hydroxyl groups is 1. The van der Waals surface area contributed by atoms with E-state index in [1.54, 1.807) is 6.07 Å². The molecule has 3 aromatic heterocycles. The summed E-state index contributed by atoms with van der Waals surface area (Å²) in [7, 11) is 0. The van der Waals surface area contributed by atoms with E-state index >= 15 is 0 Å². The number of aromatic nitrogens is 3. The number of phenolic OH excluding ortho intramolecular Hbond substituents is 1. The Morgan fingerprint density at radius 1 is 0.417 bits per heavy atom. The minimum Gasteiger partial charge on any atom is -0.507 e. The van der Waals surface area contributed by atoms with Gasteiger partial charge in [0.05, 0.1) is 22.8 Å². The van der Waals surface area contributed by atoms with E-state index in [1.165, 1.54) is 11.1 Å². The third-order valence-electron chi connectivity index (χ3n) is 11.4. The molecule has 1 N–H and O–H groups in total. The van der Waals surface area contributed by atoms with Crippen molar-refractivity contribution < 1.29 is 5.11 Å². The summed E-state index contributed by atoms with van der Waals surface area (Å²) >= 11 is 0. The first-order valence-corrected chi connectivity index (χ1v) is 20.7. The van der Waals surface area contributed by atoms with Gasteiger partial charge >= 0.3 is 0 Å². The highest BCUT2D eigenvalue weighted by molar-refractivity contribution is 5.99. The van der Waals surface area contributed by atoms with Gasteiger partial charge in [-0.05, 0) is 97.8 Å². The molecule has 0 spiro atoms. The molecule has 6 aromatic carbocycles. The van der Waals surface area contributed by atoms with Crippen molar-refractivity contribution in [2.24, 2.45) is 0 Å². The quantitative estimate of drug-likeness (QED) is 0.175. The first kappa shape index (κ1) is 38.5. The maximum atomic E-state index is 11.1. The molecule has 0 radical (unpaired) electrons. The zero-order valence-electron chi connectivity index (χ0n) is 35.1. The Bertz CT molecular complexity index is 2910. The summed E-state index contributed by atoms with van der Waals surface area (Å²) in [5.41, 5.74) is 17.2. The fourth-order valence-corrected chi connectivity index (χ4v) is 8.12. The number of benzene rings is 6. The van der Waals surface area contributed by atoms with Crippen LogP contribution in [0.5, 0.6) is 5.75 Å². The summed E-state index contributed by atoms with van der Waals surface area (Å²) in [6.45, 7) is 13.6. The average molecular weight is 780 g/mol. The van der Waals surface area contributed by atoms with Crippen molar-refractivity contribution in [3.05, 3.63) is 193 Å². The number of imidazole rings is 1. The molecule has 0 aliphatic rings. The Balaban J connectivity index is 1.28. The first-order chi connectivity index (χ1) is 28.9. The van der Waals surface area contributed by atoms with Gasteiger partial charge in [0, 0.05) is 28.5 Å². The Hall–Kier alpha value is -7.04. The van der Waals surface area contributed by atoms with E-state index in [0.29, 0.717) is 11.3 Å². The number of phenols is 1. The minimum atomic E-state index is -0.0496. The minimum absolute atomic E-state index is 0.0496. The molecule has 60 heavy (non-hydrogen) atoms. The molecule has 0 atom stereocenters. The third-order valence-corrected chi connectivity index (χ3v) is 11.4. The zero-order valence-corrected chi connectivity index (χ0v) is 35.1. The van der Waals surface area contributed by atoms with Crippen molar-refractivity contribution >= 4 is 5.65 Å². The largest absolute Gasteiger partial charge is 0.507 e. The molecule has 294 valence electrons. The van der Waals surface area contributed by atoms with Gasteiger partial charge in [-0.3, -0.25) is 4.40 Å². The molecular formula is C56H49N3O. The number of para-hydroxylation sites is 1. The van der Waals surface area contributed by atoms with Gasteiger partial charge in [0.25, 0.3) is 0 Å². The molecule has 0 amide bonds. The average Bonchev–Trinajstić information content (AvgIpc) is 3.65. The molecule has 4 nitrogen and oxygen atoms in total. The van der Waals surface area contributed by atoms with Crippen LogP contribution in [0.1, 0.15) is 52.7 Å². The lowest BCUT2D eigenvalue weighted by Crippen LogP contribution is -2.16. The van der Waals surface area contributed by atoms with Crippen LogP contribution in [0.2, 0.25) is 0 Å². The molecule has 0 unspecified atom stereocenters. The number of pyridine rings is 2. The molecule has 0 aliphatic heterocycles. The first-order valence-electron chi connectivity index (χ1n) is 20.7. The van der Waals surface area contributed by atoms with E-state index in [2.05, 4.69) is 198 Å². The Morgan fingerprint density at radius 2 is 0.933 bits per heavy atom. The second-order valence-electron chi connectivity index (χ2n) is 17.7. The van der Waals surface area contributed by atoms with E-state index in [4.69, 9.17) is 9.97 Å². The van der Waals surface area contributed by atoms with Crippen molar-refractivity contribution in [1.82, 2.24) is 14.4 Å². The van der Waals surface area contributed by atoms with Crippen LogP contribution in [-0.2, 0) is 10.8 Å². The molecule has 0 saturated heterocycles. The topological polar surface area (TPSA) is 50.4 Å². The maximum Gasteiger partial charge on any atom is 0.137 e. The summed E-state index contributed by atoms with van der Waals surface area (Å²) in [5, 5.41) is 11.1. The normalized spacial score (nSPS) is 11.9. The number of fused-ring (bicyclic) bond motifs is 1. The van der Waals surface area contributed by atoms with Gasteiger partial charge in [-0.15, -0.1) is 0 Å². The summed E-state index contributed by atoms with van der Waals surface area (Å²) in [6, 6.07) is 61.4. The summed E-state index contributed by atoms with van der Waals surface area (Å²) < 4.78 is 2.22. The van der Waals surface area contributed by atoms with Gasteiger partial charge in [0.15, 0.2) is 0 Å². The Morgan fingerprint density at radius 3 is 1.57 bits per heavy atom. The van der Waals surface area contributed by atoms with E-state index in [9.17, 15) is 5.11 Å². The maximum absolute atomic E-state index is 11.1. The second kappa shape index (κ2) is 15.3. The fourth-order valence-electron chi connectivity index (χ4n) is 8.12. The number of hydrogen-bond acceptors (Lipinski definition) is 3. The van der Waals surface area contributed by atoms with Crippen LogP contribution in [0, 0.1) is 0 Å². The van der Waals surface area contributed by atoms with Crippen LogP contribution in [0.3, 0.4) is 0 Å². The van der Waals surface area contributed by atoms with Crippen LogP contribution >= 0.6 is 0 Å². The van der Waals surface area contributed by atoms with Crippen LogP contribution < -0.4 is 0 Å². The van der Waals surface area contributed by atoms with E-state index in [1.807, 2.05) is 24.3 Å². The van der Waals surface area contributed by atoms with Gasteiger partial charge in [-0.25, -0.2) is 9.97 Å². The van der Waals surface area contributed by atoms with Gasteiger partial charge < -0.3 is 5.11 Å². The Kier molecular flexibility index (Phi) is 9.80. The molecule has 4 heteroatoms. The Labute approximate surface area is 353 Å². The number of rotatable bonds is 7. The van der Waals surface area contributed by atoms with Gasteiger partial charge in [0.2, 0.25) is 0 Å². The number of hydrogen-bond donors (Lipinski definition) is 1. The van der Waals surface area contributed by atoms with Crippen LogP contribution in [-0.4, -0.2) is 19.5 Å². The third kappa shape index (κ3) is 7.42. The lowest BCUT2D eigenvalue weighted by atomic mass is 9.79. The fraction of sp³-hybridized carbons (Fsp3) is 0.143. The highest BCUT2D eigenvalue weighted by atomic mass is 16.3. The van der Waals surface area contributed by atoms with Crippen molar-refractivity contribution in [2.45, 2.75) is 52.4 Å². The smallest absolute Gasteiger partial charge is 0.137 e. The number of nitrogens with zero attached hydrogens (tertiary/aromatic N) is 3. The molecular weight excluding hydrogens is 731 g/mol. The van der Waals surface area contributed by atoms with Crippen molar-refractivity contribution in [1.29, 1.82) is 0 Å². The monoisotopic (exact) mass is 779 g/mol. The highest BCUT2D eigenvalue weighted by Crippen LogP contribution is 2.45. The lowest BCUT2D eigenvalue weighted by Gasteiger charge is -2.26. The predicted octanol–water partition coefficient (Wildman–Crippen LogP) is 14.7. The van der Waals surface area contributed by atoms with Crippen LogP contribution in [0.4, 0.5) is 0 Å². The van der Waals surface area contributed by atoms with Crippen molar-refractivity contribution in [3.8, 4) is 84.2 Å². The van der Waals surface area contributed by atoms with Gasteiger partial charge in [-0.2, -0.15) is 0 Å². The van der Waals surface area contributed by atoms with E-state index in [-0.39, 0.29) is 16.6 Å². The molecule has 0 fully saturated rings. The molecule has 9 rings (SSSR count). The highest BCUT2D eigenvalue weighted by Gasteiger charge is 2.25. The SMILES string of the molecule is CC(C)(C)c1cc(-c2cc(-c3cccc(-c4nc5ccccn5c4-c4c(-c5ccccc5)cccc4-c4ccccc4)c3)nc(-c3ccccc3O)c2)cc(C(C)(C)C)c1. The molecule has 9 aromatic rings. The molecule has 0 aliphatic carbocycles. The predicted molar refractivity (Wildman–Crippen MR) is 250 cm³/mol. The molecule has 0 bridgehead atoms. The molecule has 0 saturated carbocycles. The summed E-state index contributed by atoms with van der Waals surface area (Å²) in [6.07, 6.45) is 2.11. The van der Waals surface area contributed by atoms with E-state index in [0.717, 1.165) is 72.8 Å². The standard InChI is InChI=1S/C56H49N3O/c1-55(2,3)43-32-41(33-44(36-43)56(4,5)6)42-34-48(57-49(35-42)47-25-13-14-28-50(47)60)39-23-17-24-40(31-39)53-54(59-30-16-15-29-51(59)58-53)52-45(37-19-9-7-10-20-37)26-18-27-46(52)38-21-11-8-12-22-38/h7-36,60H,1-6H3. The van der Waals surface area contributed by atoms with Crippen LogP contribution in [0.15, 0.2) is 182 Å². The molecule has 3 heterocycles. The lowest BCUT2D eigenvalue weighted by molar-refractivity contribution is 0.477. The summed E-state index contributed by atoms with van der Waals surface area (Å²) in [4.78, 5) is 10.7. The van der Waals surface area contributed by atoms with Gasteiger partial charge in [0.1, 0.15) is 11.4 Å². The summed E-state index contributed by atoms with van der Waals surface area (Å²) in [5.74, 6) is 0.196. The van der Waals surface area contributed by atoms with Crippen molar-refractivity contribution in [3.63, 3.8) is 0 Å². The zero-order chi connectivity index (χ0) is 41.6. The van der Waals surface area contributed by atoms with Crippen molar-refractivity contribution in [2.75, 3.05) is 0 Å². The second-order valence-corrected chi connectivity index (χ2v) is 17.7. The van der Waals surface area contributed by atoms with Gasteiger partial charge in [-0.1, -0.05) is 175 Å².